The van der Waals surface area contributed by atoms with Crippen molar-refractivity contribution in [3.8, 4) is 11.5 Å². The van der Waals surface area contributed by atoms with E-state index in [0.29, 0.717) is 53.3 Å². The van der Waals surface area contributed by atoms with E-state index in [4.69, 9.17) is 37.4 Å². The Morgan fingerprint density at radius 3 is 2.44 bits per heavy atom. The first kappa shape index (κ1) is 31.0. The van der Waals surface area contributed by atoms with Crippen LogP contribution in [-0.2, 0) is 22.5 Å². The predicted molar refractivity (Wildman–Crippen MR) is 164 cm³/mol. The third kappa shape index (κ3) is 8.52. The molecule has 0 bridgehead atoms. The number of carbonyl (C=O) groups is 2. The summed E-state index contributed by atoms with van der Waals surface area (Å²) in [5.74, 6) is 1.11. The number of rotatable bonds is 12. The van der Waals surface area contributed by atoms with Gasteiger partial charge in [-0.25, -0.2) is 4.79 Å². The molecule has 0 unspecified atom stereocenters. The molecule has 1 fully saturated rings. The Balaban J connectivity index is 1.53. The van der Waals surface area contributed by atoms with Gasteiger partial charge in [0, 0.05) is 29.5 Å². The molecule has 2 aromatic carbocycles. The number of urea groups is 1. The number of halogens is 2. The molecule has 0 spiro atoms. The molecule has 1 aliphatic rings. The topological polar surface area (TPSA) is 80.3 Å². The highest BCUT2D eigenvalue weighted by atomic mass is 35.5. The number of hydrogen-bond donors (Lipinski definition) is 1. The van der Waals surface area contributed by atoms with E-state index in [2.05, 4.69) is 5.32 Å². The molecule has 8 nitrogen and oxygen atoms in total. The van der Waals surface area contributed by atoms with Crippen LogP contribution in [0.25, 0.3) is 0 Å². The monoisotopic (exact) mass is 619 g/mol. The quantitative estimate of drug-likeness (QED) is 0.245. The highest BCUT2D eigenvalue weighted by Crippen LogP contribution is 2.31. The highest BCUT2D eigenvalue weighted by molar-refractivity contribution is 7.11. The number of ether oxygens (including phenoxy) is 3. The molecule has 1 aromatic heterocycles. The second-order valence-corrected chi connectivity index (χ2v) is 12.0. The minimum absolute atomic E-state index is 0.121. The average Bonchev–Trinajstić information content (AvgIpc) is 3.63. The molecule has 1 N–H and O–H groups in total. The van der Waals surface area contributed by atoms with Gasteiger partial charge in [-0.2, -0.15) is 0 Å². The first-order chi connectivity index (χ1) is 19.8. The first-order valence-electron chi connectivity index (χ1n) is 13.4. The molecular formula is C30H35Cl2N3O5S. The number of anilines is 1. The third-order valence-corrected chi connectivity index (χ3v) is 8.49. The molecule has 1 aliphatic heterocycles. The number of nitrogens with one attached hydrogen (secondary N) is 1. The number of methoxy groups -OCH3 is 2. The van der Waals surface area contributed by atoms with Crippen molar-refractivity contribution in [2.45, 2.75) is 38.8 Å². The van der Waals surface area contributed by atoms with Crippen molar-refractivity contribution in [1.29, 1.82) is 0 Å². The Labute approximate surface area is 255 Å². The Morgan fingerprint density at radius 2 is 1.80 bits per heavy atom. The standard InChI is InChI=1S/C30H35Cl2N3O5S/c1-20-9-11-23(41-20)18-34(14-13-21-10-12-26(38-2)27(16-21)39-3)28(36)19-35(17-22-6-5-15-40-22)30(37)33-29-24(31)7-4-8-25(29)32/h4,7-12,16,22H,5-6,13-15,17-19H2,1-3H3,(H,33,37)/t22-/m1/s1. The van der Waals surface area contributed by atoms with E-state index in [1.165, 1.54) is 9.78 Å². The summed E-state index contributed by atoms with van der Waals surface area (Å²) in [4.78, 5) is 32.8. The minimum atomic E-state index is -0.462. The van der Waals surface area contributed by atoms with Crippen LogP contribution in [0.3, 0.4) is 0 Å². The number of para-hydroxylation sites is 1. The number of benzene rings is 2. The fraction of sp³-hybridized carbons (Fsp3) is 0.400. The van der Waals surface area contributed by atoms with Gasteiger partial charge in [-0.05, 0) is 68.1 Å². The van der Waals surface area contributed by atoms with Gasteiger partial charge in [0.1, 0.15) is 6.54 Å². The fourth-order valence-corrected chi connectivity index (χ4v) is 6.07. The van der Waals surface area contributed by atoms with Crippen molar-refractivity contribution in [1.82, 2.24) is 9.80 Å². The van der Waals surface area contributed by atoms with Crippen LogP contribution in [0.1, 0.15) is 28.2 Å². The molecule has 0 radical (unpaired) electrons. The van der Waals surface area contributed by atoms with Gasteiger partial charge in [0.25, 0.3) is 0 Å². The molecule has 3 aromatic rings. The predicted octanol–water partition coefficient (Wildman–Crippen LogP) is 6.66. The maximum absolute atomic E-state index is 13.8. The van der Waals surface area contributed by atoms with Gasteiger partial charge in [-0.3, -0.25) is 4.79 Å². The van der Waals surface area contributed by atoms with E-state index in [1.807, 2.05) is 37.3 Å². The van der Waals surface area contributed by atoms with E-state index >= 15 is 0 Å². The summed E-state index contributed by atoms with van der Waals surface area (Å²) in [5, 5.41) is 3.44. The lowest BCUT2D eigenvalue weighted by atomic mass is 10.1. The van der Waals surface area contributed by atoms with Crippen LogP contribution in [0.15, 0.2) is 48.5 Å². The average molecular weight is 621 g/mol. The Kier molecular flexibility index (Phi) is 11.2. The van der Waals surface area contributed by atoms with Crippen LogP contribution in [0.5, 0.6) is 11.5 Å². The van der Waals surface area contributed by atoms with Crippen molar-refractivity contribution in [2.24, 2.45) is 0 Å². The number of aryl methyl sites for hydroxylation is 1. The maximum Gasteiger partial charge on any atom is 0.322 e. The van der Waals surface area contributed by atoms with Gasteiger partial charge in [-0.1, -0.05) is 35.3 Å². The summed E-state index contributed by atoms with van der Waals surface area (Å²) in [6.45, 7) is 3.73. The summed E-state index contributed by atoms with van der Waals surface area (Å²) in [7, 11) is 3.19. The molecule has 220 valence electrons. The van der Waals surface area contributed by atoms with Gasteiger partial charge < -0.3 is 29.3 Å². The Morgan fingerprint density at radius 1 is 1.05 bits per heavy atom. The van der Waals surface area contributed by atoms with Crippen molar-refractivity contribution < 1.29 is 23.8 Å². The zero-order chi connectivity index (χ0) is 29.4. The van der Waals surface area contributed by atoms with E-state index in [1.54, 1.807) is 48.7 Å². The van der Waals surface area contributed by atoms with E-state index in [0.717, 1.165) is 23.3 Å². The number of amides is 3. The SMILES string of the molecule is COc1ccc(CCN(Cc2ccc(C)s2)C(=O)CN(C[C@H]2CCCO2)C(=O)Nc2c(Cl)cccc2Cl)cc1OC. The lowest BCUT2D eigenvalue weighted by Crippen LogP contribution is -2.47. The molecule has 1 atom stereocenters. The second kappa shape index (κ2) is 14.8. The van der Waals surface area contributed by atoms with Crippen LogP contribution < -0.4 is 14.8 Å². The van der Waals surface area contributed by atoms with E-state index in [-0.39, 0.29) is 25.1 Å². The van der Waals surface area contributed by atoms with Crippen molar-refractivity contribution in [2.75, 3.05) is 45.8 Å². The molecular weight excluding hydrogens is 585 g/mol. The Bertz CT molecular complexity index is 1330. The smallest absolute Gasteiger partial charge is 0.322 e. The number of nitrogens with zero attached hydrogens (tertiary/aromatic N) is 2. The number of hydrogen-bond acceptors (Lipinski definition) is 6. The van der Waals surface area contributed by atoms with Crippen LogP contribution in [0.2, 0.25) is 10.0 Å². The van der Waals surface area contributed by atoms with Crippen molar-refractivity contribution in [3.63, 3.8) is 0 Å². The molecule has 3 amide bonds. The lowest BCUT2D eigenvalue weighted by Gasteiger charge is -2.29. The molecule has 4 rings (SSSR count). The zero-order valence-corrected chi connectivity index (χ0v) is 25.8. The summed E-state index contributed by atoms with van der Waals surface area (Å²) in [6, 6.07) is 14.4. The Hall–Kier alpha value is -2.98. The van der Waals surface area contributed by atoms with Gasteiger partial charge in [0.15, 0.2) is 11.5 Å². The van der Waals surface area contributed by atoms with Crippen LogP contribution in [-0.4, -0.2) is 68.3 Å². The van der Waals surface area contributed by atoms with Gasteiger partial charge >= 0.3 is 6.03 Å². The van der Waals surface area contributed by atoms with Crippen molar-refractivity contribution in [3.05, 3.63) is 73.9 Å². The van der Waals surface area contributed by atoms with Crippen LogP contribution in [0, 0.1) is 6.92 Å². The summed E-state index contributed by atoms with van der Waals surface area (Å²) in [5.41, 5.74) is 1.31. The van der Waals surface area contributed by atoms with Crippen molar-refractivity contribution >= 4 is 52.2 Å². The molecule has 2 heterocycles. The summed E-state index contributed by atoms with van der Waals surface area (Å²) in [6.07, 6.45) is 2.20. The van der Waals surface area contributed by atoms with Gasteiger partial charge in [0.2, 0.25) is 5.91 Å². The molecule has 0 aliphatic carbocycles. The molecule has 1 saturated heterocycles. The first-order valence-corrected chi connectivity index (χ1v) is 15.0. The highest BCUT2D eigenvalue weighted by Gasteiger charge is 2.27. The second-order valence-electron chi connectivity index (χ2n) is 9.81. The summed E-state index contributed by atoms with van der Waals surface area (Å²) >= 11 is 14.3. The summed E-state index contributed by atoms with van der Waals surface area (Å²) < 4.78 is 16.6. The minimum Gasteiger partial charge on any atom is -0.493 e. The maximum atomic E-state index is 13.8. The number of carbonyl (C=O) groups excluding carboxylic acids is 2. The zero-order valence-electron chi connectivity index (χ0n) is 23.5. The number of thiophene rings is 1. The normalized spacial score (nSPS) is 14.5. The van der Waals surface area contributed by atoms with Crippen LogP contribution >= 0.6 is 34.5 Å². The third-order valence-electron chi connectivity index (χ3n) is 6.87. The van der Waals surface area contributed by atoms with Gasteiger partial charge in [0.05, 0.1) is 42.6 Å². The molecule has 0 saturated carbocycles. The largest absolute Gasteiger partial charge is 0.493 e. The molecule has 11 heteroatoms. The fourth-order valence-electron chi connectivity index (χ4n) is 4.67. The van der Waals surface area contributed by atoms with E-state index < -0.39 is 6.03 Å². The molecule has 41 heavy (non-hydrogen) atoms. The van der Waals surface area contributed by atoms with Gasteiger partial charge in [-0.15, -0.1) is 11.3 Å². The van der Waals surface area contributed by atoms with Crippen LogP contribution in [0.4, 0.5) is 10.5 Å². The lowest BCUT2D eigenvalue weighted by molar-refractivity contribution is -0.132. The van der Waals surface area contributed by atoms with E-state index in [9.17, 15) is 9.59 Å².